The van der Waals surface area contributed by atoms with Crippen LogP contribution in [0.5, 0.6) is 34.5 Å². The van der Waals surface area contributed by atoms with E-state index in [-0.39, 0.29) is 38.8 Å². The second-order valence-electron chi connectivity index (χ2n) is 18.7. The van der Waals surface area contributed by atoms with Crippen LogP contribution < -0.4 is 28.4 Å². The Labute approximate surface area is 439 Å². The van der Waals surface area contributed by atoms with Gasteiger partial charge >= 0.3 is 23.9 Å². The Hall–Kier alpha value is -6.13. The molecule has 392 valence electrons. The highest BCUT2D eigenvalue weighted by atomic mass is 35.5. The first-order valence-corrected chi connectivity index (χ1v) is 27.4. The average Bonchev–Trinajstić information content (AvgIpc) is 3.41. The molecule has 0 saturated carbocycles. The number of unbranched alkanes of at least 4 members (excludes halogenated alkanes) is 22. The summed E-state index contributed by atoms with van der Waals surface area (Å²) in [6, 6.07) is 29.7. The van der Waals surface area contributed by atoms with E-state index < -0.39 is 23.9 Å². The number of ether oxygens (including phenoxy) is 6. The van der Waals surface area contributed by atoms with E-state index >= 15 is 0 Å². The zero-order valence-electron chi connectivity index (χ0n) is 43.3. The van der Waals surface area contributed by atoms with Crippen molar-refractivity contribution in [1.82, 2.24) is 0 Å². The van der Waals surface area contributed by atoms with Crippen LogP contribution in [0.1, 0.15) is 209 Å². The molecule has 0 atom stereocenters. The van der Waals surface area contributed by atoms with Crippen LogP contribution in [0.2, 0.25) is 5.02 Å². The number of carbonyl (C=O) groups is 4. The van der Waals surface area contributed by atoms with E-state index in [1.165, 1.54) is 195 Å². The molecule has 0 heterocycles. The molecule has 0 aliphatic heterocycles. The molecule has 10 nitrogen and oxygen atoms in total. The Morgan fingerprint density at radius 1 is 0.315 bits per heavy atom. The minimum atomic E-state index is -0.749. The SMILES string of the molecule is CCCCCCCCCCCCCCOc1ccc(OC(=O)c2ccc(C(=O)Oc3ccc(Cl)c(OC(=O)c4ccc(C(=O)Oc5ccc(OCCCCCCCCCCCCCC)cc5)cc4)c3)cc2)cc1. The molecule has 5 aromatic carbocycles. The van der Waals surface area contributed by atoms with Crippen LogP contribution >= 0.6 is 11.6 Å². The lowest BCUT2D eigenvalue weighted by molar-refractivity contribution is 0.0714. The maximum Gasteiger partial charge on any atom is 0.343 e. The van der Waals surface area contributed by atoms with Gasteiger partial charge in [0.25, 0.3) is 0 Å². The van der Waals surface area contributed by atoms with Gasteiger partial charge in [0, 0.05) is 6.07 Å². The molecule has 11 heteroatoms. The van der Waals surface area contributed by atoms with Gasteiger partial charge in [0.05, 0.1) is 40.5 Å². The van der Waals surface area contributed by atoms with Gasteiger partial charge in [-0.2, -0.15) is 0 Å². The maximum absolute atomic E-state index is 13.1. The third-order valence-corrected chi connectivity index (χ3v) is 12.9. The molecule has 0 spiro atoms. The van der Waals surface area contributed by atoms with Gasteiger partial charge in [-0.25, -0.2) is 19.2 Å². The van der Waals surface area contributed by atoms with E-state index in [0.29, 0.717) is 36.2 Å². The summed E-state index contributed by atoms with van der Waals surface area (Å²) in [5, 5.41) is 0.106. The smallest absolute Gasteiger partial charge is 0.343 e. The molecule has 0 fully saturated rings. The van der Waals surface area contributed by atoms with Crippen molar-refractivity contribution < 1.29 is 47.6 Å². The molecule has 5 rings (SSSR count). The number of esters is 4. The first kappa shape index (κ1) is 57.8. The minimum absolute atomic E-state index is 0.0424. The van der Waals surface area contributed by atoms with Crippen LogP contribution in [-0.2, 0) is 0 Å². The number of rotatable bonds is 36. The van der Waals surface area contributed by atoms with Gasteiger partial charge in [0.15, 0.2) is 5.75 Å². The quantitative estimate of drug-likeness (QED) is 0.0218. The lowest BCUT2D eigenvalue weighted by Crippen LogP contribution is -2.12. The van der Waals surface area contributed by atoms with E-state index in [0.717, 1.165) is 25.7 Å². The number of hydrogen-bond donors (Lipinski definition) is 0. The molecule has 0 bridgehead atoms. The highest BCUT2D eigenvalue weighted by Gasteiger charge is 2.18. The number of halogens is 1. The molecule has 0 N–H and O–H groups in total. The summed E-state index contributed by atoms with van der Waals surface area (Å²) < 4.78 is 34.0. The summed E-state index contributed by atoms with van der Waals surface area (Å²) in [6.07, 6.45) is 30.9. The molecular formula is C62H77ClO10. The highest BCUT2D eigenvalue weighted by Crippen LogP contribution is 2.31. The zero-order valence-corrected chi connectivity index (χ0v) is 44.1. The van der Waals surface area contributed by atoms with E-state index in [4.69, 9.17) is 40.0 Å². The monoisotopic (exact) mass is 1020 g/mol. The Bertz CT molecular complexity index is 2360. The summed E-state index contributed by atoms with van der Waals surface area (Å²) in [4.78, 5) is 52.0. The summed E-state index contributed by atoms with van der Waals surface area (Å²) in [6.45, 7) is 5.79. The largest absolute Gasteiger partial charge is 0.494 e. The third-order valence-electron chi connectivity index (χ3n) is 12.6. The van der Waals surface area contributed by atoms with Crippen LogP contribution in [0, 0.1) is 0 Å². The summed E-state index contributed by atoms with van der Waals surface area (Å²) in [5.74, 6) is -0.461. The summed E-state index contributed by atoms with van der Waals surface area (Å²) >= 11 is 6.35. The van der Waals surface area contributed by atoms with Gasteiger partial charge in [-0.15, -0.1) is 0 Å². The van der Waals surface area contributed by atoms with Gasteiger partial charge in [-0.1, -0.05) is 167 Å². The van der Waals surface area contributed by atoms with Crippen LogP contribution in [-0.4, -0.2) is 37.1 Å². The molecule has 73 heavy (non-hydrogen) atoms. The van der Waals surface area contributed by atoms with Crippen LogP contribution in [0.3, 0.4) is 0 Å². The summed E-state index contributed by atoms with van der Waals surface area (Å²) in [7, 11) is 0. The Balaban J connectivity index is 0.967. The van der Waals surface area contributed by atoms with Crippen molar-refractivity contribution >= 4 is 35.5 Å². The summed E-state index contributed by atoms with van der Waals surface area (Å²) in [5.41, 5.74) is 0.792. The lowest BCUT2D eigenvalue weighted by atomic mass is 10.1. The van der Waals surface area contributed by atoms with E-state index in [1.807, 2.05) is 0 Å². The fourth-order valence-corrected chi connectivity index (χ4v) is 8.40. The van der Waals surface area contributed by atoms with Crippen molar-refractivity contribution in [1.29, 1.82) is 0 Å². The van der Waals surface area contributed by atoms with Gasteiger partial charge in [0.2, 0.25) is 0 Å². The molecular weight excluding hydrogens is 940 g/mol. The van der Waals surface area contributed by atoms with Crippen molar-refractivity contribution in [3.05, 3.63) is 143 Å². The van der Waals surface area contributed by atoms with Gasteiger partial charge in [0.1, 0.15) is 28.7 Å². The maximum atomic E-state index is 13.1. The van der Waals surface area contributed by atoms with Crippen molar-refractivity contribution in [3.8, 4) is 34.5 Å². The Morgan fingerprint density at radius 3 is 0.904 bits per heavy atom. The van der Waals surface area contributed by atoms with Crippen LogP contribution in [0.4, 0.5) is 0 Å². The molecule has 0 amide bonds. The normalized spacial score (nSPS) is 10.9. The molecule has 5 aromatic rings. The first-order valence-electron chi connectivity index (χ1n) is 27.1. The van der Waals surface area contributed by atoms with Gasteiger partial charge < -0.3 is 28.4 Å². The molecule has 0 aromatic heterocycles. The van der Waals surface area contributed by atoms with E-state index in [1.54, 1.807) is 48.5 Å². The van der Waals surface area contributed by atoms with E-state index in [9.17, 15) is 19.2 Å². The Morgan fingerprint density at radius 2 is 0.575 bits per heavy atom. The van der Waals surface area contributed by atoms with Crippen molar-refractivity contribution in [2.75, 3.05) is 13.2 Å². The van der Waals surface area contributed by atoms with Gasteiger partial charge in [-0.05, 0) is 122 Å². The average molecular weight is 1020 g/mol. The number of carbonyl (C=O) groups excluding carboxylic acids is 4. The second kappa shape index (κ2) is 34.3. The van der Waals surface area contributed by atoms with Crippen molar-refractivity contribution in [2.24, 2.45) is 0 Å². The second-order valence-corrected chi connectivity index (χ2v) is 19.1. The first-order chi connectivity index (χ1) is 35.7. The van der Waals surface area contributed by atoms with Crippen molar-refractivity contribution in [2.45, 2.75) is 168 Å². The molecule has 0 saturated heterocycles. The van der Waals surface area contributed by atoms with Gasteiger partial charge in [-0.3, -0.25) is 0 Å². The van der Waals surface area contributed by atoms with Crippen LogP contribution in [0.25, 0.3) is 0 Å². The minimum Gasteiger partial charge on any atom is -0.494 e. The number of hydrogen-bond acceptors (Lipinski definition) is 10. The van der Waals surface area contributed by atoms with Crippen molar-refractivity contribution in [3.63, 3.8) is 0 Å². The van der Waals surface area contributed by atoms with Crippen LogP contribution in [0.15, 0.2) is 115 Å². The zero-order chi connectivity index (χ0) is 51.7. The molecule has 0 radical (unpaired) electrons. The standard InChI is InChI=1S/C62H77ClO10/c1-3-5-7-9-11-13-15-17-19-21-23-25-45-68-52-35-39-54(40-36-52)70-59(64)48-27-29-50(30-28-48)61(66)72-56-43-44-57(63)58(47-56)73-62(67)51-33-31-49(32-34-51)60(65)71-55-41-37-53(38-42-55)69-46-26-24-22-20-18-16-14-12-10-8-6-4-2/h27-44,47H,3-26,45-46H2,1-2H3. The topological polar surface area (TPSA) is 124 Å². The molecule has 0 aliphatic carbocycles. The fourth-order valence-electron chi connectivity index (χ4n) is 8.24. The predicted molar refractivity (Wildman–Crippen MR) is 290 cm³/mol. The molecule has 0 aliphatic rings. The van der Waals surface area contributed by atoms with E-state index in [2.05, 4.69) is 13.8 Å². The number of benzene rings is 5. The fraction of sp³-hybridized carbons (Fsp3) is 0.452. The Kier molecular flexibility index (Phi) is 27.2. The predicted octanol–water partition coefficient (Wildman–Crippen LogP) is 17.4. The lowest BCUT2D eigenvalue weighted by Gasteiger charge is -2.10. The molecule has 0 unspecified atom stereocenters. The third kappa shape index (κ3) is 22.7. The highest BCUT2D eigenvalue weighted by molar-refractivity contribution is 6.32.